The van der Waals surface area contributed by atoms with E-state index in [1.807, 2.05) is 70.2 Å². The number of hydrogen-bond donors (Lipinski definition) is 2. The summed E-state index contributed by atoms with van der Waals surface area (Å²) in [7, 11) is 0. The second kappa shape index (κ2) is 7.47. The molecule has 0 heterocycles. The normalized spacial score (nSPS) is 10.9. The largest absolute Gasteiger partial charge is 0.360 e. The molecule has 4 nitrogen and oxygen atoms in total. The molecule has 2 rings (SSSR count). The van der Waals surface area contributed by atoms with Crippen molar-refractivity contribution in [2.24, 2.45) is 0 Å². The van der Waals surface area contributed by atoms with E-state index in [2.05, 4.69) is 10.6 Å². The van der Waals surface area contributed by atoms with Gasteiger partial charge in [-0.2, -0.15) is 5.26 Å². The van der Waals surface area contributed by atoms with E-state index in [1.165, 1.54) is 6.20 Å². The Balaban J connectivity index is 2.17. The number of nitrogens with one attached hydrogen (secondary N) is 2. The number of amides is 1. The molecule has 2 aromatic carbocycles. The monoisotopic (exact) mass is 319 g/mol. The number of nitriles is 1. The first-order valence-corrected chi connectivity index (χ1v) is 7.74. The van der Waals surface area contributed by atoms with Gasteiger partial charge in [-0.15, -0.1) is 0 Å². The number of anilines is 2. The molecule has 0 fully saturated rings. The Kier molecular flexibility index (Phi) is 5.39. The van der Waals surface area contributed by atoms with E-state index in [0.717, 1.165) is 27.9 Å². The highest BCUT2D eigenvalue weighted by Gasteiger charge is 2.11. The molecule has 0 bridgehead atoms. The van der Waals surface area contributed by atoms with Crippen LogP contribution in [0.25, 0.3) is 0 Å². The van der Waals surface area contributed by atoms with Crippen LogP contribution in [0.5, 0.6) is 0 Å². The molecule has 4 heteroatoms. The Morgan fingerprint density at radius 1 is 1.04 bits per heavy atom. The molecular formula is C20H21N3O. The van der Waals surface area contributed by atoms with Gasteiger partial charge in [-0.3, -0.25) is 4.79 Å². The predicted octanol–water partition coefficient (Wildman–Crippen LogP) is 4.38. The Labute approximate surface area is 142 Å². The number of nitrogens with zero attached hydrogens (tertiary/aromatic N) is 1. The summed E-state index contributed by atoms with van der Waals surface area (Å²) in [4.78, 5) is 12.3. The van der Waals surface area contributed by atoms with Gasteiger partial charge in [0.25, 0.3) is 5.91 Å². The Morgan fingerprint density at radius 2 is 1.79 bits per heavy atom. The van der Waals surface area contributed by atoms with Crippen molar-refractivity contribution in [1.82, 2.24) is 0 Å². The fourth-order valence-electron chi connectivity index (χ4n) is 2.35. The van der Waals surface area contributed by atoms with Crippen LogP contribution in [0.3, 0.4) is 0 Å². The van der Waals surface area contributed by atoms with Crippen molar-refractivity contribution in [3.8, 4) is 6.07 Å². The molecule has 0 spiro atoms. The molecule has 0 aliphatic heterocycles. The lowest BCUT2D eigenvalue weighted by atomic mass is 10.1. The maximum atomic E-state index is 12.3. The molecule has 0 aliphatic rings. The van der Waals surface area contributed by atoms with Crippen LogP contribution in [-0.4, -0.2) is 5.91 Å². The number of rotatable bonds is 4. The average molecular weight is 319 g/mol. The minimum atomic E-state index is -0.427. The second-order valence-corrected chi connectivity index (χ2v) is 5.83. The van der Waals surface area contributed by atoms with Gasteiger partial charge in [0.2, 0.25) is 0 Å². The van der Waals surface area contributed by atoms with Crippen molar-refractivity contribution in [3.63, 3.8) is 0 Å². The number of hydrogen-bond acceptors (Lipinski definition) is 3. The molecule has 1 amide bonds. The van der Waals surface area contributed by atoms with Crippen molar-refractivity contribution >= 4 is 17.3 Å². The molecule has 2 N–H and O–H groups in total. The molecule has 0 saturated carbocycles. The fraction of sp³-hybridized carbons (Fsp3) is 0.200. The number of aryl methyl sites for hydroxylation is 3. The van der Waals surface area contributed by atoms with Gasteiger partial charge in [-0.05, 0) is 56.5 Å². The average Bonchev–Trinajstić information content (AvgIpc) is 2.54. The lowest BCUT2D eigenvalue weighted by molar-refractivity contribution is -0.112. The van der Waals surface area contributed by atoms with Gasteiger partial charge < -0.3 is 10.6 Å². The maximum Gasteiger partial charge on any atom is 0.267 e. The summed E-state index contributed by atoms with van der Waals surface area (Å²) in [5.41, 5.74) is 5.90. The van der Waals surface area contributed by atoms with Crippen LogP contribution in [0.2, 0.25) is 0 Å². The smallest absolute Gasteiger partial charge is 0.267 e. The molecular weight excluding hydrogens is 298 g/mol. The Bertz CT molecular complexity index is 844. The Hall–Kier alpha value is -3.06. The van der Waals surface area contributed by atoms with Crippen LogP contribution in [-0.2, 0) is 4.79 Å². The van der Waals surface area contributed by atoms with E-state index >= 15 is 0 Å². The lowest BCUT2D eigenvalue weighted by Gasteiger charge is -2.10. The second-order valence-electron chi connectivity index (χ2n) is 5.83. The summed E-state index contributed by atoms with van der Waals surface area (Å²) in [5.74, 6) is -0.427. The van der Waals surface area contributed by atoms with E-state index in [-0.39, 0.29) is 5.57 Å². The summed E-state index contributed by atoms with van der Waals surface area (Å²) in [6.45, 7) is 7.92. The number of benzene rings is 2. The highest BCUT2D eigenvalue weighted by Crippen LogP contribution is 2.19. The lowest BCUT2D eigenvalue weighted by Crippen LogP contribution is -2.15. The third-order valence-electron chi connectivity index (χ3n) is 3.97. The minimum Gasteiger partial charge on any atom is -0.360 e. The zero-order valence-corrected chi connectivity index (χ0v) is 14.4. The van der Waals surface area contributed by atoms with Crippen molar-refractivity contribution < 1.29 is 4.79 Å². The summed E-state index contributed by atoms with van der Waals surface area (Å²) in [6.07, 6.45) is 1.44. The van der Waals surface area contributed by atoms with Crippen molar-refractivity contribution in [3.05, 3.63) is 70.4 Å². The van der Waals surface area contributed by atoms with E-state index in [0.29, 0.717) is 5.69 Å². The molecule has 122 valence electrons. The summed E-state index contributed by atoms with van der Waals surface area (Å²) in [5, 5.41) is 15.1. The minimum absolute atomic E-state index is 0.0240. The van der Waals surface area contributed by atoms with Gasteiger partial charge in [0.1, 0.15) is 11.6 Å². The Morgan fingerprint density at radius 3 is 2.46 bits per heavy atom. The van der Waals surface area contributed by atoms with Gasteiger partial charge in [0.15, 0.2) is 0 Å². The van der Waals surface area contributed by atoms with E-state index in [4.69, 9.17) is 0 Å². The van der Waals surface area contributed by atoms with E-state index < -0.39 is 5.91 Å². The van der Waals surface area contributed by atoms with Gasteiger partial charge in [-0.1, -0.05) is 29.8 Å². The van der Waals surface area contributed by atoms with Gasteiger partial charge in [0.05, 0.1) is 0 Å². The quantitative estimate of drug-likeness (QED) is 0.649. The topological polar surface area (TPSA) is 64.9 Å². The molecule has 0 aliphatic carbocycles. The number of carbonyl (C=O) groups is 1. The van der Waals surface area contributed by atoms with Crippen LogP contribution < -0.4 is 10.6 Å². The molecule has 24 heavy (non-hydrogen) atoms. The van der Waals surface area contributed by atoms with Crippen LogP contribution >= 0.6 is 0 Å². The summed E-state index contributed by atoms with van der Waals surface area (Å²) >= 11 is 0. The molecule has 2 aromatic rings. The van der Waals surface area contributed by atoms with Crippen molar-refractivity contribution in [1.29, 1.82) is 5.26 Å². The molecule has 0 atom stereocenters. The van der Waals surface area contributed by atoms with Crippen LogP contribution in [0.4, 0.5) is 11.4 Å². The predicted molar refractivity (Wildman–Crippen MR) is 97.8 cm³/mol. The number of carbonyl (C=O) groups excluding carboxylic acids is 1. The first-order valence-electron chi connectivity index (χ1n) is 7.74. The standard InChI is InChI=1S/C20H21N3O/c1-13-8-9-18(15(3)10-13)22-12-17(11-21)20(24)23-19-7-5-6-14(2)16(19)4/h5-10,12,22H,1-4H3,(H,23,24)/b17-12-. The maximum absolute atomic E-state index is 12.3. The van der Waals surface area contributed by atoms with Gasteiger partial charge in [-0.25, -0.2) is 0 Å². The summed E-state index contributed by atoms with van der Waals surface area (Å²) < 4.78 is 0. The van der Waals surface area contributed by atoms with Gasteiger partial charge in [0, 0.05) is 17.6 Å². The van der Waals surface area contributed by atoms with Gasteiger partial charge >= 0.3 is 0 Å². The zero-order valence-electron chi connectivity index (χ0n) is 14.4. The zero-order chi connectivity index (χ0) is 17.7. The van der Waals surface area contributed by atoms with E-state index in [1.54, 1.807) is 0 Å². The highest BCUT2D eigenvalue weighted by atomic mass is 16.1. The first-order chi connectivity index (χ1) is 11.4. The van der Waals surface area contributed by atoms with Crippen LogP contribution in [0.1, 0.15) is 22.3 Å². The third-order valence-corrected chi connectivity index (χ3v) is 3.97. The molecule has 0 saturated heterocycles. The van der Waals surface area contributed by atoms with E-state index in [9.17, 15) is 10.1 Å². The molecule has 0 unspecified atom stereocenters. The SMILES string of the molecule is Cc1ccc(N/C=C(/C#N)C(=O)Nc2cccc(C)c2C)c(C)c1. The summed E-state index contributed by atoms with van der Waals surface area (Å²) in [6, 6.07) is 13.6. The first kappa shape index (κ1) is 17.3. The fourth-order valence-corrected chi connectivity index (χ4v) is 2.35. The van der Waals surface area contributed by atoms with Crippen LogP contribution in [0.15, 0.2) is 48.2 Å². The van der Waals surface area contributed by atoms with Crippen molar-refractivity contribution in [2.75, 3.05) is 10.6 Å². The van der Waals surface area contributed by atoms with Crippen LogP contribution in [0, 0.1) is 39.0 Å². The molecule has 0 radical (unpaired) electrons. The molecule has 0 aromatic heterocycles. The van der Waals surface area contributed by atoms with Crippen molar-refractivity contribution in [2.45, 2.75) is 27.7 Å². The highest BCUT2D eigenvalue weighted by molar-refractivity contribution is 6.07. The third kappa shape index (κ3) is 4.02.